The van der Waals surface area contributed by atoms with E-state index in [1.807, 2.05) is 96.1 Å². The van der Waals surface area contributed by atoms with Gasteiger partial charge < -0.3 is 19.7 Å². The van der Waals surface area contributed by atoms with E-state index in [0.29, 0.717) is 11.5 Å². The number of benzene rings is 4. The van der Waals surface area contributed by atoms with Gasteiger partial charge in [-0.2, -0.15) is 0 Å². The average molecular weight is 733 g/mol. The molecule has 2 amide bonds. The van der Waals surface area contributed by atoms with Crippen molar-refractivity contribution < 1.29 is 38.9 Å². The number of carbonyl (C=O) groups is 4. The summed E-state index contributed by atoms with van der Waals surface area (Å²) in [6.07, 6.45) is 5.67. The Hall–Kier alpha value is -5.90. The number of hydrogen-bond donors (Lipinski definition) is 4. The van der Waals surface area contributed by atoms with Crippen LogP contribution in [0.15, 0.2) is 90.5 Å². The molecule has 0 saturated carbocycles. The van der Waals surface area contributed by atoms with Crippen LogP contribution in [0.1, 0.15) is 95.6 Å². The molecule has 1 atom stereocenters. The van der Waals surface area contributed by atoms with E-state index < -0.39 is 35.3 Å². The predicted octanol–water partition coefficient (Wildman–Crippen LogP) is 9.60. The molecular weight excluding hydrogens is 684 g/mol. The lowest BCUT2D eigenvalue weighted by Crippen LogP contribution is -2.27. The molecule has 4 N–H and O–H groups in total. The van der Waals surface area contributed by atoms with Crippen LogP contribution in [-0.2, 0) is 41.6 Å². The minimum Gasteiger partial charge on any atom is -0.478 e. The number of amides is 2. The number of carboxylic acids is 2. The van der Waals surface area contributed by atoms with E-state index in [2.05, 4.69) is 22.8 Å². The third-order valence-electron chi connectivity index (χ3n) is 8.81. The highest BCUT2D eigenvalue weighted by Crippen LogP contribution is 2.32. The van der Waals surface area contributed by atoms with Gasteiger partial charge in [-0.1, -0.05) is 48.0 Å². The van der Waals surface area contributed by atoms with Gasteiger partial charge in [-0.05, 0) is 161 Å². The smallest absolute Gasteiger partial charge is 0.412 e. The number of nitrogens with one attached hydrogen (secondary N) is 2. The lowest BCUT2D eigenvalue weighted by atomic mass is 9.96. The monoisotopic (exact) mass is 732 g/mol. The fourth-order valence-corrected chi connectivity index (χ4v) is 6.54. The average Bonchev–Trinajstić information content (AvgIpc) is 3.66. The molecule has 54 heavy (non-hydrogen) atoms. The molecule has 10 heteroatoms. The number of fused-ring (bicyclic) bond motifs is 2. The van der Waals surface area contributed by atoms with Gasteiger partial charge in [0.25, 0.3) is 0 Å². The van der Waals surface area contributed by atoms with Crippen LogP contribution in [0.25, 0.3) is 6.08 Å². The summed E-state index contributed by atoms with van der Waals surface area (Å²) < 4.78 is 10.6. The minimum absolute atomic E-state index is 0.282. The van der Waals surface area contributed by atoms with Gasteiger partial charge in [0, 0.05) is 11.4 Å². The van der Waals surface area contributed by atoms with Crippen molar-refractivity contribution in [2.45, 2.75) is 84.8 Å². The summed E-state index contributed by atoms with van der Waals surface area (Å²) in [5.41, 5.74) is 9.33. The van der Waals surface area contributed by atoms with Crippen molar-refractivity contribution in [1.29, 1.82) is 0 Å². The van der Waals surface area contributed by atoms with Gasteiger partial charge in [-0.25, -0.2) is 19.2 Å². The second-order valence-corrected chi connectivity index (χ2v) is 15.8. The Kier molecular flexibility index (Phi) is 11.9. The van der Waals surface area contributed by atoms with Crippen molar-refractivity contribution >= 4 is 41.6 Å². The van der Waals surface area contributed by atoms with E-state index in [1.54, 1.807) is 24.3 Å². The van der Waals surface area contributed by atoms with Crippen molar-refractivity contribution in [3.63, 3.8) is 0 Å². The Labute approximate surface area is 316 Å². The van der Waals surface area contributed by atoms with Gasteiger partial charge in [0.05, 0.1) is 11.1 Å². The molecule has 0 bridgehead atoms. The van der Waals surface area contributed by atoms with E-state index in [-0.39, 0.29) is 5.56 Å². The van der Waals surface area contributed by atoms with Crippen LogP contribution in [0, 0.1) is 5.92 Å². The SMILES string of the molecule is CC(C)(C)OC(=O)Nc1ccc2c(c1)C/C(=C\c1ccc(C(=O)O)cc1)C2.CC(C)(C)OC(=O)Nc1ccc2c(c1)CC(Cc1ccc(C(=O)O)cc1)C2. The van der Waals surface area contributed by atoms with E-state index in [0.717, 1.165) is 54.6 Å². The highest BCUT2D eigenvalue weighted by Gasteiger charge is 2.24. The number of aromatic carboxylic acids is 2. The van der Waals surface area contributed by atoms with E-state index in [4.69, 9.17) is 19.7 Å². The Morgan fingerprint density at radius 3 is 1.61 bits per heavy atom. The van der Waals surface area contributed by atoms with Crippen LogP contribution >= 0.6 is 0 Å². The topological polar surface area (TPSA) is 151 Å². The Morgan fingerprint density at radius 1 is 0.630 bits per heavy atom. The lowest BCUT2D eigenvalue weighted by molar-refractivity contribution is 0.0624. The summed E-state index contributed by atoms with van der Waals surface area (Å²) in [5, 5.41) is 23.5. The van der Waals surface area contributed by atoms with Gasteiger partial charge in [-0.15, -0.1) is 0 Å². The van der Waals surface area contributed by atoms with Crippen molar-refractivity contribution in [1.82, 2.24) is 0 Å². The lowest BCUT2D eigenvalue weighted by Gasteiger charge is -2.19. The zero-order valence-electron chi connectivity index (χ0n) is 31.6. The summed E-state index contributed by atoms with van der Waals surface area (Å²) in [5.74, 6) is -1.35. The standard InChI is InChI=1S/C22H25NO4.C22H23NO4/c2*1-22(2,3)27-21(26)23-19-9-8-17-11-15(12-18(17)13-19)10-14-4-6-16(7-5-14)20(24)25/h4-9,13,15H,10-12H2,1-3H3,(H,23,26)(H,24,25);4-10,13H,11-12H2,1-3H3,(H,23,26)(H,24,25)/b;15-10-. The summed E-state index contributed by atoms with van der Waals surface area (Å²) in [6.45, 7) is 11.0. The second-order valence-electron chi connectivity index (χ2n) is 15.8. The van der Waals surface area contributed by atoms with Crippen LogP contribution < -0.4 is 10.6 Å². The molecule has 0 spiro atoms. The molecule has 1 unspecified atom stereocenters. The molecule has 4 aromatic carbocycles. The normalized spacial score (nSPS) is 15.3. The largest absolute Gasteiger partial charge is 0.478 e. The zero-order valence-corrected chi connectivity index (χ0v) is 31.6. The van der Waals surface area contributed by atoms with E-state index >= 15 is 0 Å². The fraction of sp³-hybridized carbons (Fsp3) is 0.318. The van der Waals surface area contributed by atoms with Gasteiger partial charge in [0.2, 0.25) is 0 Å². The maximum atomic E-state index is 11.9. The Balaban J connectivity index is 0.000000208. The molecule has 0 radical (unpaired) electrons. The third kappa shape index (κ3) is 11.6. The number of anilines is 2. The zero-order chi connectivity index (χ0) is 39.2. The molecule has 0 heterocycles. The minimum atomic E-state index is -0.924. The Morgan fingerprint density at radius 2 is 1.09 bits per heavy atom. The maximum absolute atomic E-state index is 11.9. The molecule has 2 aliphatic carbocycles. The second kappa shape index (κ2) is 16.4. The molecule has 4 aromatic rings. The highest BCUT2D eigenvalue weighted by atomic mass is 16.6. The van der Waals surface area contributed by atoms with Crippen molar-refractivity contribution in [2.75, 3.05) is 10.6 Å². The number of carboxylic acid groups (broad SMARTS) is 2. The summed E-state index contributed by atoms with van der Waals surface area (Å²) >= 11 is 0. The number of ether oxygens (including phenoxy) is 2. The van der Waals surface area contributed by atoms with Gasteiger partial charge in [0.1, 0.15) is 11.2 Å². The third-order valence-corrected chi connectivity index (χ3v) is 8.81. The van der Waals surface area contributed by atoms with Crippen molar-refractivity contribution in [3.8, 4) is 0 Å². The van der Waals surface area contributed by atoms with Crippen LogP contribution in [0.4, 0.5) is 21.0 Å². The number of hydrogen-bond acceptors (Lipinski definition) is 6. The maximum Gasteiger partial charge on any atom is 0.412 e. The first-order valence-corrected chi connectivity index (χ1v) is 18.0. The van der Waals surface area contributed by atoms with E-state index in [1.165, 1.54) is 27.8 Å². The van der Waals surface area contributed by atoms with Crippen LogP contribution in [0.5, 0.6) is 0 Å². The molecule has 0 aliphatic heterocycles. The van der Waals surface area contributed by atoms with Gasteiger partial charge in [0.15, 0.2) is 0 Å². The summed E-state index contributed by atoms with van der Waals surface area (Å²) in [6, 6.07) is 25.8. The van der Waals surface area contributed by atoms with Gasteiger partial charge >= 0.3 is 24.1 Å². The molecule has 0 aromatic heterocycles. The molecule has 2 aliphatic rings. The first-order valence-electron chi connectivity index (χ1n) is 18.0. The first-order chi connectivity index (χ1) is 25.4. The molecule has 0 saturated heterocycles. The van der Waals surface area contributed by atoms with Gasteiger partial charge in [-0.3, -0.25) is 10.6 Å². The highest BCUT2D eigenvalue weighted by molar-refractivity contribution is 5.88. The Bertz CT molecular complexity index is 2050. The summed E-state index contributed by atoms with van der Waals surface area (Å²) in [7, 11) is 0. The van der Waals surface area contributed by atoms with Crippen LogP contribution in [0.2, 0.25) is 0 Å². The van der Waals surface area contributed by atoms with Crippen molar-refractivity contribution in [3.05, 3.63) is 135 Å². The number of rotatable bonds is 7. The molecule has 0 fully saturated rings. The van der Waals surface area contributed by atoms with Crippen molar-refractivity contribution in [2.24, 2.45) is 5.92 Å². The predicted molar refractivity (Wildman–Crippen MR) is 209 cm³/mol. The number of allylic oxidation sites excluding steroid dienone is 1. The fourth-order valence-electron chi connectivity index (χ4n) is 6.54. The molecule has 10 nitrogen and oxygen atoms in total. The first kappa shape index (κ1) is 39.3. The molecule has 282 valence electrons. The molecule has 6 rings (SSSR count). The summed E-state index contributed by atoms with van der Waals surface area (Å²) in [4.78, 5) is 45.7. The quantitative estimate of drug-likeness (QED) is 0.147. The molecular formula is C44H48N2O8. The van der Waals surface area contributed by atoms with E-state index in [9.17, 15) is 19.2 Å². The van der Waals surface area contributed by atoms with Crippen LogP contribution in [-0.4, -0.2) is 45.5 Å². The number of carbonyl (C=O) groups excluding carboxylic acids is 2. The van der Waals surface area contributed by atoms with Crippen LogP contribution in [0.3, 0.4) is 0 Å².